The number of aromatic nitrogens is 3. The van der Waals surface area contributed by atoms with Crippen molar-refractivity contribution in [2.45, 2.75) is 5.92 Å². The predicted octanol–water partition coefficient (Wildman–Crippen LogP) is 1.51. The summed E-state index contributed by atoms with van der Waals surface area (Å²) >= 11 is 0. The molecule has 0 saturated heterocycles. The minimum absolute atomic E-state index is 0.299. The zero-order valence-electron chi connectivity index (χ0n) is 7.75. The molecule has 1 aromatic heterocycles. The van der Waals surface area contributed by atoms with Gasteiger partial charge in [-0.25, -0.2) is 0 Å². The van der Waals surface area contributed by atoms with Gasteiger partial charge in [-0.15, -0.1) is 10.2 Å². The van der Waals surface area contributed by atoms with Crippen LogP contribution in [0.1, 0.15) is 17.2 Å². The number of nitrogens with zero attached hydrogens (tertiary/aromatic N) is 4. The predicted molar refractivity (Wildman–Crippen MR) is 52.7 cm³/mol. The third-order valence-corrected chi connectivity index (χ3v) is 2.63. The Hall–Kier alpha value is -2.28. The quantitative estimate of drug-likeness (QED) is 0.637. The topological polar surface area (TPSA) is 62.5 Å². The lowest BCUT2D eigenvalue weighted by molar-refractivity contribution is 0.815. The highest BCUT2D eigenvalue weighted by Gasteiger charge is 2.30. The molecule has 1 atom stereocenters. The van der Waals surface area contributed by atoms with Gasteiger partial charge < -0.3 is 0 Å². The third kappa shape index (κ3) is 0.974. The van der Waals surface area contributed by atoms with Crippen LogP contribution in [0.15, 0.2) is 30.5 Å². The Morgan fingerprint density at radius 1 is 1.20 bits per heavy atom. The molecule has 0 radical (unpaired) electrons. The van der Waals surface area contributed by atoms with Gasteiger partial charge in [0.1, 0.15) is 5.92 Å². The minimum atomic E-state index is -0.299. The van der Waals surface area contributed by atoms with Crippen molar-refractivity contribution in [1.29, 1.82) is 5.26 Å². The maximum atomic E-state index is 9.12. The molecular weight excluding hydrogens is 188 g/mol. The molecule has 1 aromatic carbocycles. The first-order valence-electron chi connectivity index (χ1n) is 4.59. The summed E-state index contributed by atoms with van der Waals surface area (Å²) in [5, 5.41) is 20.4. The molecule has 0 N–H and O–H groups in total. The van der Waals surface area contributed by atoms with Gasteiger partial charge >= 0.3 is 0 Å². The van der Waals surface area contributed by atoms with Gasteiger partial charge in [-0.3, -0.25) is 0 Å². The van der Waals surface area contributed by atoms with E-state index < -0.39 is 0 Å². The Morgan fingerprint density at radius 3 is 2.93 bits per heavy atom. The zero-order chi connectivity index (χ0) is 10.3. The van der Waals surface area contributed by atoms with Gasteiger partial charge in [0.05, 0.1) is 18.0 Å². The molecule has 1 heterocycles. The Morgan fingerprint density at radius 2 is 2.07 bits per heavy atom. The van der Waals surface area contributed by atoms with Gasteiger partial charge in [-0.2, -0.15) is 5.26 Å². The maximum Gasteiger partial charge on any atom is 0.117 e. The second-order valence-electron chi connectivity index (χ2n) is 3.38. The van der Waals surface area contributed by atoms with E-state index in [4.69, 9.17) is 5.26 Å². The van der Waals surface area contributed by atoms with Crippen LogP contribution in [0.2, 0.25) is 0 Å². The monoisotopic (exact) mass is 194 g/mol. The first kappa shape index (κ1) is 8.06. The van der Waals surface area contributed by atoms with E-state index in [1.165, 1.54) is 0 Å². The summed E-state index contributed by atoms with van der Waals surface area (Å²) in [6.45, 7) is 0. The van der Waals surface area contributed by atoms with Gasteiger partial charge in [0, 0.05) is 5.56 Å². The van der Waals surface area contributed by atoms with Crippen molar-refractivity contribution in [1.82, 2.24) is 15.4 Å². The fourth-order valence-corrected chi connectivity index (χ4v) is 1.97. The molecule has 3 rings (SSSR count). The lowest BCUT2D eigenvalue weighted by atomic mass is 10.0. The van der Waals surface area contributed by atoms with Crippen LogP contribution in [0.25, 0.3) is 11.1 Å². The van der Waals surface area contributed by atoms with Gasteiger partial charge in [-0.05, 0) is 16.3 Å². The summed E-state index contributed by atoms with van der Waals surface area (Å²) in [7, 11) is 0. The summed E-state index contributed by atoms with van der Waals surface area (Å²) in [6, 6.07) is 10.1. The fourth-order valence-electron chi connectivity index (χ4n) is 1.97. The number of nitriles is 1. The number of rotatable bonds is 0. The van der Waals surface area contributed by atoms with E-state index in [1.54, 1.807) is 6.20 Å². The van der Waals surface area contributed by atoms with E-state index in [0.717, 1.165) is 16.7 Å². The van der Waals surface area contributed by atoms with Crippen molar-refractivity contribution in [3.8, 4) is 17.2 Å². The molecular formula is C11H6N4. The molecule has 2 aromatic rings. The maximum absolute atomic E-state index is 9.12. The minimum Gasteiger partial charge on any atom is -0.197 e. The number of fused-ring (bicyclic) bond motifs is 3. The highest BCUT2D eigenvalue weighted by atomic mass is 15.3. The average Bonchev–Trinajstić information content (AvgIpc) is 2.63. The van der Waals surface area contributed by atoms with Crippen LogP contribution in [0.4, 0.5) is 0 Å². The molecule has 0 fully saturated rings. The highest BCUT2D eigenvalue weighted by Crippen LogP contribution is 2.41. The zero-order valence-corrected chi connectivity index (χ0v) is 7.75. The molecule has 0 aliphatic heterocycles. The second kappa shape index (κ2) is 2.85. The molecule has 0 amide bonds. The van der Waals surface area contributed by atoms with Crippen molar-refractivity contribution < 1.29 is 0 Å². The summed E-state index contributed by atoms with van der Waals surface area (Å²) in [5.74, 6) is -0.299. The molecule has 1 aliphatic carbocycles. The highest BCUT2D eigenvalue weighted by molar-refractivity contribution is 5.77. The third-order valence-electron chi connectivity index (χ3n) is 2.63. The van der Waals surface area contributed by atoms with E-state index >= 15 is 0 Å². The average molecular weight is 194 g/mol. The summed E-state index contributed by atoms with van der Waals surface area (Å²) in [5.41, 5.74) is 3.68. The number of hydrogen-bond donors (Lipinski definition) is 0. The Kier molecular flexibility index (Phi) is 1.53. The number of hydrogen-bond acceptors (Lipinski definition) is 4. The summed E-state index contributed by atoms with van der Waals surface area (Å²) < 4.78 is 0. The van der Waals surface area contributed by atoms with Crippen LogP contribution in [-0.4, -0.2) is 15.4 Å². The summed E-state index contributed by atoms with van der Waals surface area (Å²) in [6.07, 6.45) is 1.67. The smallest absolute Gasteiger partial charge is 0.117 e. The van der Waals surface area contributed by atoms with Gasteiger partial charge in [-0.1, -0.05) is 24.3 Å². The fraction of sp³-hybridized carbons (Fsp3) is 0.0909. The SMILES string of the molecule is N#CC1c2ccccc2-c2cnnnc21. The Bertz CT molecular complexity index is 525. The van der Waals surface area contributed by atoms with E-state index in [1.807, 2.05) is 24.3 Å². The summed E-state index contributed by atoms with van der Waals surface area (Å²) in [4.78, 5) is 0. The molecule has 1 aliphatic rings. The van der Waals surface area contributed by atoms with Crippen LogP contribution in [-0.2, 0) is 0 Å². The second-order valence-corrected chi connectivity index (χ2v) is 3.38. The Balaban J connectivity index is 2.37. The first-order chi connectivity index (χ1) is 7.42. The van der Waals surface area contributed by atoms with Crippen molar-refractivity contribution in [2.24, 2.45) is 0 Å². The largest absolute Gasteiger partial charge is 0.197 e. The lowest BCUT2D eigenvalue weighted by Gasteiger charge is -1.99. The standard InChI is InChI=1S/C11H6N4/c12-5-9-7-3-1-2-4-8(7)10-6-13-15-14-11(9)10/h1-4,6,9H. The Labute approximate surface area is 86.2 Å². The van der Waals surface area contributed by atoms with Crippen LogP contribution < -0.4 is 0 Å². The normalized spacial score (nSPS) is 16.6. The molecule has 0 bridgehead atoms. The van der Waals surface area contributed by atoms with Crippen LogP contribution in [0.5, 0.6) is 0 Å². The molecule has 1 unspecified atom stereocenters. The molecule has 0 spiro atoms. The molecule has 70 valence electrons. The van der Waals surface area contributed by atoms with Gasteiger partial charge in [0.15, 0.2) is 0 Å². The van der Waals surface area contributed by atoms with Crippen molar-refractivity contribution in [3.63, 3.8) is 0 Å². The van der Waals surface area contributed by atoms with Gasteiger partial charge in [0.2, 0.25) is 0 Å². The lowest BCUT2D eigenvalue weighted by Crippen LogP contribution is -1.98. The van der Waals surface area contributed by atoms with Crippen LogP contribution in [0.3, 0.4) is 0 Å². The van der Waals surface area contributed by atoms with Crippen molar-refractivity contribution in [2.75, 3.05) is 0 Å². The van der Waals surface area contributed by atoms with Crippen LogP contribution in [0, 0.1) is 11.3 Å². The molecule has 0 saturated carbocycles. The van der Waals surface area contributed by atoms with Crippen LogP contribution >= 0.6 is 0 Å². The first-order valence-corrected chi connectivity index (χ1v) is 4.59. The number of benzene rings is 1. The van der Waals surface area contributed by atoms with Gasteiger partial charge in [0.25, 0.3) is 0 Å². The molecule has 4 nitrogen and oxygen atoms in total. The van der Waals surface area contributed by atoms with Crippen molar-refractivity contribution in [3.05, 3.63) is 41.7 Å². The molecule has 15 heavy (non-hydrogen) atoms. The molecule has 4 heteroatoms. The van der Waals surface area contributed by atoms with E-state index in [2.05, 4.69) is 21.5 Å². The van der Waals surface area contributed by atoms with E-state index in [-0.39, 0.29) is 5.92 Å². The van der Waals surface area contributed by atoms with Crippen molar-refractivity contribution >= 4 is 0 Å². The van der Waals surface area contributed by atoms with E-state index in [9.17, 15) is 0 Å². The van der Waals surface area contributed by atoms with E-state index in [0.29, 0.717) is 5.69 Å².